The second-order valence-corrected chi connectivity index (χ2v) is 7.26. The summed E-state index contributed by atoms with van der Waals surface area (Å²) in [6, 6.07) is 4.96. The molecule has 9 heteroatoms. The highest BCUT2D eigenvalue weighted by molar-refractivity contribution is 6.07. The summed E-state index contributed by atoms with van der Waals surface area (Å²) in [7, 11) is 1.60. The van der Waals surface area contributed by atoms with Gasteiger partial charge in [-0.25, -0.2) is 4.79 Å². The molecule has 5 amide bonds. The third-order valence-electron chi connectivity index (χ3n) is 4.91. The number of likely N-dealkylation sites (N-methyl/N-ethyl adjacent to an activating group) is 1. The molecule has 1 aliphatic heterocycles. The zero-order valence-electron chi connectivity index (χ0n) is 16.9. The van der Waals surface area contributed by atoms with Gasteiger partial charge in [0.2, 0.25) is 5.91 Å². The second-order valence-electron chi connectivity index (χ2n) is 7.26. The van der Waals surface area contributed by atoms with E-state index in [1.807, 2.05) is 32.0 Å². The highest BCUT2D eigenvalue weighted by Crippen LogP contribution is 2.19. The minimum Gasteiger partial charge on any atom is -0.325 e. The van der Waals surface area contributed by atoms with E-state index in [4.69, 9.17) is 0 Å². The predicted molar refractivity (Wildman–Crippen MR) is 104 cm³/mol. The van der Waals surface area contributed by atoms with Gasteiger partial charge in [-0.05, 0) is 51.4 Å². The van der Waals surface area contributed by atoms with Crippen molar-refractivity contribution in [2.24, 2.45) is 0 Å². The molecular formula is C19H27N5O4. The quantitative estimate of drug-likeness (QED) is 0.601. The molecule has 1 heterocycles. The van der Waals surface area contributed by atoms with Crippen molar-refractivity contribution >= 4 is 29.4 Å². The van der Waals surface area contributed by atoms with Crippen LogP contribution in [0.1, 0.15) is 31.4 Å². The maximum atomic E-state index is 12.3. The van der Waals surface area contributed by atoms with Crippen molar-refractivity contribution in [3.63, 3.8) is 0 Å². The molecule has 3 N–H and O–H groups in total. The Morgan fingerprint density at radius 3 is 2.43 bits per heavy atom. The Balaban J connectivity index is 1.87. The molecule has 0 radical (unpaired) electrons. The smallest absolute Gasteiger partial charge is 0.325 e. The van der Waals surface area contributed by atoms with Crippen LogP contribution < -0.4 is 16.1 Å². The third-order valence-corrected chi connectivity index (χ3v) is 4.91. The van der Waals surface area contributed by atoms with Crippen LogP contribution in [0.4, 0.5) is 10.5 Å². The van der Waals surface area contributed by atoms with Crippen molar-refractivity contribution in [3.05, 3.63) is 29.3 Å². The van der Waals surface area contributed by atoms with E-state index in [9.17, 15) is 19.2 Å². The van der Waals surface area contributed by atoms with Crippen LogP contribution in [0, 0.1) is 13.8 Å². The Bertz CT molecular complexity index is 810. The van der Waals surface area contributed by atoms with Crippen molar-refractivity contribution < 1.29 is 19.2 Å². The van der Waals surface area contributed by atoms with Crippen LogP contribution in [-0.2, 0) is 14.4 Å². The lowest BCUT2D eigenvalue weighted by Crippen LogP contribution is -2.51. The summed E-state index contributed by atoms with van der Waals surface area (Å²) in [6.45, 7) is 7.08. The second kappa shape index (κ2) is 8.39. The van der Waals surface area contributed by atoms with Crippen molar-refractivity contribution in [2.75, 3.05) is 25.5 Å². The first-order valence-corrected chi connectivity index (χ1v) is 9.08. The molecule has 1 atom stereocenters. The number of benzene rings is 1. The number of anilines is 1. The lowest BCUT2D eigenvalue weighted by molar-refractivity contribution is -0.139. The van der Waals surface area contributed by atoms with E-state index in [-0.39, 0.29) is 19.0 Å². The molecule has 0 bridgehead atoms. The van der Waals surface area contributed by atoms with Crippen LogP contribution in [-0.4, -0.2) is 59.3 Å². The number of hydrogen-bond acceptors (Lipinski definition) is 5. The number of hydrogen-bond donors (Lipinski definition) is 3. The molecule has 1 saturated heterocycles. The zero-order chi connectivity index (χ0) is 21.1. The number of carbonyl (C=O) groups excluding carboxylic acids is 4. The van der Waals surface area contributed by atoms with E-state index in [0.717, 1.165) is 16.8 Å². The van der Waals surface area contributed by atoms with Crippen LogP contribution in [0.15, 0.2) is 18.2 Å². The van der Waals surface area contributed by atoms with Gasteiger partial charge in [0.15, 0.2) is 0 Å². The van der Waals surface area contributed by atoms with Gasteiger partial charge in [0, 0.05) is 5.69 Å². The SMILES string of the molecule is CCC1(C)NC(=O)N(NC(=O)CN(C)CC(=O)Nc2cccc(C)c2C)C1=O. The van der Waals surface area contributed by atoms with E-state index < -0.39 is 23.4 Å². The summed E-state index contributed by atoms with van der Waals surface area (Å²) in [5, 5.41) is 6.06. The number of nitrogens with zero attached hydrogens (tertiary/aromatic N) is 2. The van der Waals surface area contributed by atoms with Gasteiger partial charge in [0.25, 0.3) is 11.8 Å². The average molecular weight is 389 g/mol. The van der Waals surface area contributed by atoms with Gasteiger partial charge in [-0.15, -0.1) is 0 Å². The monoisotopic (exact) mass is 389 g/mol. The number of imide groups is 1. The van der Waals surface area contributed by atoms with Crippen molar-refractivity contribution in [1.29, 1.82) is 0 Å². The van der Waals surface area contributed by atoms with E-state index in [1.165, 1.54) is 4.90 Å². The molecule has 2 rings (SSSR count). The van der Waals surface area contributed by atoms with Crippen LogP contribution in [0.2, 0.25) is 0 Å². The summed E-state index contributed by atoms with van der Waals surface area (Å²) in [6.07, 6.45) is 0.405. The van der Waals surface area contributed by atoms with Crippen LogP contribution in [0.25, 0.3) is 0 Å². The summed E-state index contributed by atoms with van der Waals surface area (Å²) < 4.78 is 0. The summed E-state index contributed by atoms with van der Waals surface area (Å²) >= 11 is 0. The highest BCUT2D eigenvalue weighted by atomic mass is 16.2. The Labute approximate surface area is 164 Å². The van der Waals surface area contributed by atoms with Gasteiger partial charge in [-0.2, -0.15) is 5.01 Å². The Morgan fingerprint density at radius 2 is 1.82 bits per heavy atom. The fourth-order valence-corrected chi connectivity index (χ4v) is 2.81. The molecule has 9 nitrogen and oxygen atoms in total. The molecule has 28 heavy (non-hydrogen) atoms. The molecule has 1 fully saturated rings. The number of rotatable bonds is 7. The van der Waals surface area contributed by atoms with Gasteiger partial charge >= 0.3 is 6.03 Å². The molecule has 0 spiro atoms. The van der Waals surface area contributed by atoms with Crippen molar-refractivity contribution in [1.82, 2.24) is 20.7 Å². The number of hydrazine groups is 1. The highest BCUT2D eigenvalue weighted by Gasteiger charge is 2.47. The summed E-state index contributed by atoms with van der Waals surface area (Å²) in [4.78, 5) is 50.1. The Morgan fingerprint density at radius 1 is 1.18 bits per heavy atom. The zero-order valence-corrected chi connectivity index (χ0v) is 16.9. The lowest BCUT2D eigenvalue weighted by atomic mass is 10.00. The van der Waals surface area contributed by atoms with Crippen LogP contribution in [0.3, 0.4) is 0 Å². The number of amides is 5. The molecule has 0 saturated carbocycles. The van der Waals surface area contributed by atoms with E-state index in [0.29, 0.717) is 11.4 Å². The molecule has 0 aromatic heterocycles. The maximum absolute atomic E-state index is 12.3. The van der Waals surface area contributed by atoms with Gasteiger partial charge < -0.3 is 10.6 Å². The standard InChI is InChI=1S/C19H27N5O4/c1-6-19(4)17(27)24(18(28)21-19)22-16(26)11-23(5)10-15(25)20-14-9-7-8-12(2)13(14)3/h7-9H,6,10-11H2,1-5H3,(H,20,25)(H,21,28)(H,22,26). The van der Waals surface area contributed by atoms with Gasteiger partial charge in [0.05, 0.1) is 13.1 Å². The minimum atomic E-state index is -1.03. The molecule has 1 aromatic rings. The fourth-order valence-electron chi connectivity index (χ4n) is 2.81. The Hall–Kier alpha value is -2.94. The maximum Gasteiger partial charge on any atom is 0.344 e. The van der Waals surface area contributed by atoms with E-state index >= 15 is 0 Å². The molecule has 0 aliphatic carbocycles. The van der Waals surface area contributed by atoms with Gasteiger partial charge in [0.1, 0.15) is 5.54 Å². The largest absolute Gasteiger partial charge is 0.344 e. The minimum absolute atomic E-state index is 0.0202. The van der Waals surface area contributed by atoms with Crippen LogP contribution in [0.5, 0.6) is 0 Å². The predicted octanol–water partition coefficient (Wildman–Crippen LogP) is 0.925. The lowest BCUT2D eigenvalue weighted by Gasteiger charge is -2.21. The molecular weight excluding hydrogens is 362 g/mol. The van der Waals surface area contributed by atoms with Gasteiger partial charge in [-0.3, -0.25) is 24.7 Å². The van der Waals surface area contributed by atoms with Gasteiger partial charge in [-0.1, -0.05) is 19.1 Å². The van der Waals surface area contributed by atoms with Crippen molar-refractivity contribution in [2.45, 2.75) is 39.7 Å². The summed E-state index contributed by atoms with van der Waals surface area (Å²) in [5.74, 6) is -1.34. The van der Waals surface area contributed by atoms with Crippen LogP contribution >= 0.6 is 0 Å². The third kappa shape index (κ3) is 4.66. The number of aryl methyl sites for hydroxylation is 1. The molecule has 1 aliphatic rings. The Kier molecular flexibility index (Phi) is 6.40. The van der Waals surface area contributed by atoms with E-state index in [2.05, 4.69) is 16.1 Å². The first-order chi connectivity index (χ1) is 13.1. The summed E-state index contributed by atoms with van der Waals surface area (Å²) in [5.41, 5.74) is 4.04. The van der Waals surface area contributed by atoms with E-state index in [1.54, 1.807) is 20.9 Å². The number of carbonyl (C=O) groups is 4. The number of urea groups is 1. The first-order valence-electron chi connectivity index (χ1n) is 9.08. The average Bonchev–Trinajstić information content (AvgIpc) is 2.82. The first kappa shape index (κ1) is 21.4. The number of nitrogens with one attached hydrogen (secondary N) is 3. The normalized spacial score (nSPS) is 19.0. The van der Waals surface area contributed by atoms with Crippen molar-refractivity contribution in [3.8, 4) is 0 Å². The molecule has 1 aromatic carbocycles. The molecule has 152 valence electrons. The fraction of sp³-hybridized carbons (Fsp3) is 0.474. The topological polar surface area (TPSA) is 111 Å². The molecule has 1 unspecified atom stereocenters.